The molecule has 0 aliphatic rings. The predicted molar refractivity (Wildman–Crippen MR) is 74.8 cm³/mol. The van der Waals surface area contributed by atoms with Gasteiger partial charge in [0.1, 0.15) is 5.75 Å². The van der Waals surface area contributed by atoms with E-state index in [9.17, 15) is 4.79 Å². The van der Waals surface area contributed by atoms with E-state index >= 15 is 0 Å². The second-order valence-corrected chi connectivity index (χ2v) is 5.38. The number of ether oxygens (including phenoxy) is 1. The summed E-state index contributed by atoms with van der Waals surface area (Å²) in [6.45, 7) is 3.19. The first-order valence-electron chi connectivity index (χ1n) is 5.59. The molecule has 0 bridgehead atoms. The molecular weight excluding hydrogens is 291 g/mol. The minimum absolute atomic E-state index is 0.0469. The monoisotopic (exact) mass is 306 g/mol. The lowest BCUT2D eigenvalue weighted by atomic mass is 10.1. The average molecular weight is 307 g/mol. The summed E-state index contributed by atoms with van der Waals surface area (Å²) in [5, 5.41) is 14.9. The van der Waals surface area contributed by atoms with Gasteiger partial charge in [-0.05, 0) is 32.0 Å². The number of rotatable bonds is 5. The second kappa shape index (κ2) is 6.84. The van der Waals surface area contributed by atoms with E-state index in [1.54, 1.807) is 32.0 Å². The van der Waals surface area contributed by atoms with Gasteiger partial charge in [-0.15, -0.1) is 0 Å². The van der Waals surface area contributed by atoms with Gasteiger partial charge in [-0.25, -0.2) is 4.79 Å². The van der Waals surface area contributed by atoms with Crippen LogP contribution >= 0.6 is 23.2 Å². The zero-order chi connectivity index (χ0) is 14.5. The molecule has 0 saturated heterocycles. The van der Waals surface area contributed by atoms with Crippen LogP contribution in [0.15, 0.2) is 18.2 Å². The van der Waals surface area contributed by atoms with Crippen LogP contribution in [-0.2, 0) is 0 Å². The number of halogens is 2. The number of nitrogens with one attached hydrogen (secondary N) is 2. The summed E-state index contributed by atoms with van der Waals surface area (Å²) < 4.78 is 5.29. The molecule has 0 unspecified atom stereocenters. The number of aliphatic hydroxyl groups excluding tert-OH is 1. The molecule has 19 heavy (non-hydrogen) atoms. The molecule has 1 aromatic carbocycles. The highest BCUT2D eigenvalue weighted by molar-refractivity contribution is 6.35. The molecular formula is C12H16Cl2N2O3. The third kappa shape index (κ3) is 5.55. The minimum Gasteiger partial charge on any atom is -0.472 e. The lowest BCUT2D eigenvalue weighted by Crippen LogP contribution is -2.51. The molecule has 1 rings (SSSR count). The van der Waals surface area contributed by atoms with Crippen molar-refractivity contribution >= 4 is 29.2 Å². The van der Waals surface area contributed by atoms with Crippen molar-refractivity contribution < 1.29 is 14.6 Å². The Bertz CT molecular complexity index is 453. The van der Waals surface area contributed by atoms with E-state index in [-0.39, 0.29) is 13.3 Å². The fourth-order valence-electron chi connectivity index (χ4n) is 1.16. The SMILES string of the molecule is CC(C)(CO)NC(=O)NCOc1ccc(Cl)cc1Cl. The van der Waals surface area contributed by atoms with Crippen molar-refractivity contribution in [2.75, 3.05) is 13.3 Å². The van der Waals surface area contributed by atoms with Crippen molar-refractivity contribution in [2.24, 2.45) is 0 Å². The molecule has 0 spiro atoms. The highest BCUT2D eigenvalue weighted by Crippen LogP contribution is 2.27. The summed E-state index contributed by atoms with van der Waals surface area (Å²) in [5.41, 5.74) is -0.692. The van der Waals surface area contributed by atoms with Gasteiger partial charge in [0.05, 0.1) is 17.2 Å². The van der Waals surface area contributed by atoms with E-state index in [1.165, 1.54) is 0 Å². The molecule has 5 nitrogen and oxygen atoms in total. The highest BCUT2D eigenvalue weighted by Gasteiger charge is 2.18. The topological polar surface area (TPSA) is 70.6 Å². The van der Waals surface area contributed by atoms with Crippen molar-refractivity contribution in [2.45, 2.75) is 19.4 Å². The van der Waals surface area contributed by atoms with Crippen molar-refractivity contribution in [1.82, 2.24) is 10.6 Å². The summed E-state index contributed by atoms with van der Waals surface area (Å²) in [4.78, 5) is 11.5. The maximum atomic E-state index is 11.5. The molecule has 1 aromatic rings. The van der Waals surface area contributed by atoms with Crippen molar-refractivity contribution in [1.29, 1.82) is 0 Å². The fraction of sp³-hybridized carbons (Fsp3) is 0.417. The first-order chi connectivity index (χ1) is 8.84. The van der Waals surface area contributed by atoms with Crippen LogP contribution in [0.4, 0.5) is 4.79 Å². The van der Waals surface area contributed by atoms with Crippen LogP contribution < -0.4 is 15.4 Å². The maximum Gasteiger partial charge on any atom is 0.317 e. The maximum absolute atomic E-state index is 11.5. The largest absolute Gasteiger partial charge is 0.472 e. The number of amides is 2. The number of benzene rings is 1. The Morgan fingerprint density at radius 3 is 2.68 bits per heavy atom. The number of aliphatic hydroxyl groups is 1. The number of urea groups is 1. The third-order valence-corrected chi connectivity index (χ3v) is 2.73. The summed E-state index contributed by atoms with van der Waals surface area (Å²) in [6.07, 6.45) is 0. The number of carbonyl (C=O) groups is 1. The lowest BCUT2D eigenvalue weighted by molar-refractivity contribution is 0.176. The fourth-order valence-corrected chi connectivity index (χ4v) is 1.63. The second-order valence-electron chi connectivity index (χ2n) is 4.54. The van der Waals surface area contributed by atoms with Gasteiger partial charge in [-0.2, -0.15) is 0 Å². The number of hydrogen-bond donors (Lipinski definition) is 3. The molecule has 7 heteroatoms. The molecule has 2 amide bonds. The molecule has 0 atom stereocenters. The van der Waals surface area contributed by atoms with Gasteiger partial charge in [-0.1, -0.05) is 23.2 Å². The van der Waals surface area contributed by atoms with Gasteiger partial charge in [0.25, 0.3) is 0 Å². The molecule has 0 aliphatic carbocycles. The Labute approximate surface area is 121 Å². The minimum atomic E-state index is -0.692. The Balaban J connectivity index is 2.40. The van der Waals surface area contributed by atoms with Crippen LogP contribution in [0.2, 0.25) is 10.0 Å². The Morgan fingerprint density at radius 2 is 2.11 bits per heavy atom. The normalized spacial score (nSPS) is 11.0. The molecule has 0 saturated carbocycles. The van der Waals surface area contributed by atoms with Gasteiger partial charge in [0.15, 0.2) is 6.73 Å². The zero-order valence-electron chi connectivity index (χ0n) is 10.7. The zero-order valence-corrected chi connectivity index (χ0v) is 12.2. The van der Waals surface area contributed by atoms with Crippen LogP contribution in [0.5, 0.6) is 5.75 Å². The van der Waals surface area contributed by atoms with Gasteiger partial charge >= 0.3 is 6.03 Å². The Kier molecular flexibility index (Phi) is 5.72. The summed E-state index contributed by atoms with van der Waals surface area (Å²) in [7, 11) is 0. The summed E-state index contributed by atoms with van der Waals surface area (Å²) in [5.74, 6) is 0.424. The highest BCUT2D eigenvalue weighted by atomic mass is 35.5. The first-order valence-corrected chi connectivity index (χ1v) is 6.34. The Morgan fingerprint density at radius 1 is 1.42 bits per heavy atom. The van der Waals surface area contributed by atoms with E-state index in [0.29, 0.717) is 15.8 Å². The van der Waals surface area contributed by atoms with Crippen LogP contribution in [-0.4, -0.2) is 30.0 Å². The predicted octanol–water partition coefficient (Wildman–Crippen LogP) is 2.40. The van der Waals surface area contributed by atoms with Crippen LogP contribution in [0.25, 0.3) is 0 Å². The Hall–Kier alpha value is -1.17. The standard InChI is InChI=1S/C12H16Cl2N2O3/c1-12(2,6-17)16-11(18)15-7-19-10-4-3-8(13)5-9(10)14/h3-5,17H,6-7H2,1-2H3,(H2,15,16,18). The van der Waals surface area contributed by atoms with Crippen molar-refractivity contribution in [3.8, 4) is 5.75 Å². The summed E-state index contributed by atoms with van der Waals surface area (Å²) in [6, 6.07) is 4.36. The average Bonchev–Trinajstić information content (AvgIpc) is 2.31. The number of hydrogen-bond acceptors (Lipinski definition) is 3. The molecule has 0 aliphatic heterocycles. The molecule has 106 valence electrons. The first kappa shape index (κ1) is 15.9. The van der Waals surface area contributed by atoms with Crippen molar-refractivity contribution in [3.05, 3.63) is 28.2 Å². The van der Waals surface area contributed by atoms with Gasteiger partial charge in [0, 0.05) is 5.02 Å². The smallest absolute Gasteiger partial charge is 0.317 e. The molecule has 3 N–H and O–H groups in total. The van der Waals surface area contributed by atoms with Crippen LogP contribution in [0.3, 0.4) is 0 Å². The number of carbonyl (C=O) groups excluding carboxylic acids is 1. The molecule has 0 radical (unpaired) electrons. The van der Waals surface area contributed by atoms with E-state index < -0.39 is 11.6 Å². The third-order valence-electron chi connectivity index (χ3n) is 2.20. The van der Waals surface area contributed by atoms with Crippen LogP contribution in [0.1, 0.15) is 13.8 Å². The molecule has 0 fully saturated rings. The quantitative estimate of drug-likeness (QED) is 0.732. The van der Waals surface area contributed by atoms with E-state index in [1.807, 2.05) is 0 Å². The van der Waals surface area contributed by atoms with E-state index in [2.05, 4.69) is 10.6 Å². The lowest BCUT2D eigenvalue weighted by Gasteiger charge is -2.23. The summed E-state index contributed by atoms with van der Waals surface area (Å²) >= 11 is 11.6. The molecule has 0 aromatic heterocycles. The van der Waals surface area contributed by atoms with E-state index in [4.69, 9.17) is 33.0 Å². The van der Waals surface area contributed by atoms with Crippen LogP contribution in [0, 0.1) is 0 Å². The van der Waals surface area contributed by atoms with Crippen molar-refractivity contribution in [3.63, 3.8) is 0 Å². The van der Waals surface area contributed by atoms with Gasteiger partial charge in [-0.3, -0.25) is 0 Å². The van der Waals surface area contributed by atoms with E-state index in [0.717, 1.165) is 0 Å². The molecule has 0 heterocycles. The van der Waals surface area contributed by atoms with Gasteiger partial charge in [0.2, 0.25) is 0 Å². The van der Waals surface area contributed by atoms with Gasteiger partial charge < -0.3 is 20.5 Å².